The van der Waals surface area contributed by atoms with Gasteiger partial charge in [-0.15, -0.1) is 0 Å². The van der Waals surface area contributed by atoms with Crippen LogP contribution in [0.4, 0.5) is 0 Å². The van der Waals surface area contributed by atoms with Crippen LogP contribution in [0.15, 0.2) is 0 Å². The van der Waals surface area contributed by atoms with E-state index in [2.05, 4.69) is 13.0 Å². The first-order valence-corrected chi connectivity index (χ1v) is 6.29. The normalized spacial score (nSPS) is 31.6. The lowest BCUT2D eigenvalue weighted by Gasteiger charge is -2.37. The van der Waals surface area contributed by atoms with Gasteiger partial charge in [-0.05, 0) is 31.6 Å². The Balaban J connectivity index is 2.04. The molecular weight excluding hydrogens is 200 g/mol. The van der Waals surface area contributed by atoms with Crippen molar-refractivity contribution < 1.29 is 4.79 Å². The monoisotopic (exact) mass is 220 g/mol. The topological polar surface area (TPSA) is 44.1 Å². The van der Waals surface area contributed by atoms with Gasteiger partial charge >= 0.3 is 0 Å². The molecule has 16 heavy (non-hydrogen) atoms. The van der Waals surface area contributed by atoms with Crippen LogP contribution in [0.5, 0.6) is 0 Å². The molecule has 2 aliphatic rings. The van der Waals surface area contributed by atoms with Crippen LogP contribution in [0.1, 0.15) is 45.4 Å². The molecular formula is C13H20N2O. The van der Waals surface area contributed by atoms with Crippen LogP contribution in [-0.2, 0) is 4.79 Å². The molecule has 0 aromatic carbocycles. The lowest BCUT2D eigenvalue weighted by molar-refractivity contribution is -0.137. The van der Waals surface area contributed by atoms with Crippen molar-refractivity contribution in [3.05, 3.63) is 0 Å². The largest absolute Gasteiger partial charge is 0.341 e. The lowest BCUT2D eigenvalue weighted by Crippen LogP contribution is -2.45. The van der Waals surface area contributed by atoms with Gasteiger partial charge in [0.05, 0.1) is 6.07 Å². The minimum absolute atomic E-state index is 0.0637. The van der Waals surface area contributed by atoms with Gasteiger partial charge in [-0.1, -0.05) is 19.8 Å². The van der Waals surface area contributed by atoms with Crippen molar-refractivity contribution in [1.82, 2.24) is 4.90 Å². The first-order valence-electron chi connectivity index (χ1n) is 6.29. The SMILES string of the molecule is CC1CCCCC1N(C)C(=O)C1(C#N)CC1. The fourth-order valence-electron chi connectivity index (χ4n) is 2.86. The molecule has 0 bridgehead atoms. The molecule has 0 saturated heterocycles. The maximum atomic E-state index is 12.2. The van der Waals surface area contributed by atoms with Gasteiger partial charge in [0.2, 0.25) is 5.91 Å². The van der Waals surface area contributed by atoms with Crippen molar-refractivity contribution in [1.29, 1.82) is 5.26 Å². The highest BCUT2D eigenvalue weighted by Gasteiger charge is 2.53. The molecule has 0 N–H and O–H groups in total. The summed E-state index contributed by atoms with van der Waals surface area (Å²) < 4.78 is 0. The van der Waals surface area contributed by atoms with Crippen molar-refractivity contribution in [2.24, 2.45) is 11.3 Å². The second-order valence-electron chi connectivity index (χ2n) is 5.44. The van der Waals surface area contributed by atoms with E-state index >= 15 is 0 Å². The van der Waals surface area contributed by atoms with Crippen molar-refractivity contribution in [2.45, 2.75) is 51.5 Å². The van der Waals surface area contributed by atoms with Crippen molar-refractivity contribution in [3.8, 4) is 6.07 Å². The summed E-state index contributed by atoms with van der Waals surface area (Å²) in [7, 11) is 1.88. The number of carbonyl (C=O) groups is 1. The van der Waals surface area contributed by atoms with Crippen LogP contribution in [0.3, 0.4) is 0 Å². The highest BCUT2D eigenvalue weighted by molar-refractivity contribution is 5.88. The third-order valence-corrected chi connectivity index (χ3v) is 4.26. The number of nitrogens with zero attached hydrogens (tertiary/aromatic N) is 2. The van der Waals surface area contributed by atoms with Gasteiger partial charge in [-0.3, -0.25) is 4.79 Å². The van der Waals surface area contributed by atoms with Crippen LogP contribution in [0, 0.1) is 22.7 Å². The molecule has 1 amide bonds. The van der Waals surface area contributed by atoms with Gasteiger partial charge in [-0.2, -0.15) is 5.26 Å². The predicted octanol–water partition coefficient (Wildman–Crippen LogP) is 2.33. The maximum absolute atomic E-state index is 12.2. The average Bonchev–Trinajstić information content (AvgIpc) is 3.09. The third-order valence-electron chi connectivity index (χ3n) is 4.26. The number of carbonyl (C=O) groups excluding carboxylic acids is 1. The molecule has 2 fully saturated rings. The Morgan fingerprint density at radius 3 is 2.50 bits per heavy atom. The highest BCUT2D eigenvalue weighted by Crippen LogP contribution is 2.47. The Morgan fingerprint density at radius 1 is 1.38 bits per heavy atom. The third kappa shape index (κ3) is 1.81. The molecule has 0 radical (unpaired) electrons. The molecule has 0 spiro atoms. The van der Waals surface area contributed by atoms with Crippen LogP contribution >= 0.6 is 0 Å². The van der Waals surface area contributed by atoms with E-state index in [0.717, 1.165) is 19.3 Å². The smallest absolute Gasteiger partial charge is 0.243 e. The number of nitriles is 1. The Morgan fingerprint density at radius 2 is 2.00 bits per heavy atom. The van der Waals surface area contributed by atoms with Gasteiger partial charge in [0.15, 0.2) is 0 Å². The number of hydrogen-bond donors (Lipinski definition) is 0. The Bertz CT molecular complexity index is 327. The van der Waals surface area contributed by atoms with Crippen molar-refractivity contribution in [3.63, 3.8) is 0 Å². The average molecular weight is 220 g/mol. The standard InChI is InChI=1S/C13H20N2O/c1-10-5-3-4-6-11(10)15(2)12(16)13(9-14)7-8-13/h10-11H,3-8H2,1-2H3. The summed E-state index contributed by atoms with van der Waals surface area (Å²) in [6.07, 6.45) is 6.32. The number of hydrogen-bond acceptors (Lipinski definition) is 2. The van der Waals surface area contributed by atoms with E-state index in [1.54, 1.807) is 0 Å². The zero-order chi connectivity index (χ0) is 11.8. The molecule has 3 nitrogen and oxygen atoms in total. The number of amides is 1. The predicted molar refractivity (Wildman–Crippen MR) is 61.5 cm³/mol. The van der Waals surface area contributed by atoms with E-state index in [4.69, 9.17) is 5.26 Å². The zero-order valence-electron chi connectivity index (χ0n) is 10.2. The molecule has 2 saturated carbocycles. The second kappa shape index (κ2) is 4.08. The zero-order valence-corrected chi connectivity index (χ0v) is 10.2. The molecule has 2 atom stereocenters. The van der Waals surface area contributed by atoms with Gasteiger partial charge in [0.25, 0.3) is 0 Å². The first kappa shape index (κ1) is 11.4. The van der Waals surface area contributed by atoms with Crippen molar-refractivity contribution in [2.75, 3.05) is 7.05 Å². The second-order valence-corrected chi connectivity index (χ2v) is 5.44. The minimum Gasteiger partial charge on any atom is -0.341 e. The minimum atomic E-state index is -0.647. The molecule has 88 valence electrons. The molecule has 0 heterocycles. The molecule has 2 unspecified atom stereocenters. The lowest BCUT2D eigenvalue weighted by atomic mass is 9.84. The molecule has 0 aliphatic heterocycles. The van der Waals surface area contributed by atoms with E-state index in [-0.39, 0.29) is 5.91 Å². The summed E-state index contributed by atoms with van der Waals surface area (Å²) in [6, 6.07) is 2.55. The quantitative estimate of drug-likeness (QED) is 0.717. The van der Waals surface area contributed by atoms with Gasteiger partial charge < -0.3 is 4.90 Å². The van der Waals surface area contributed by atoms with Gasteiger partial charge in [0.1, 0.15) is 5.41 Å². The summed E-state index contributed by atoms with van der Waals surface area (Å²) in [5, 5.41) is 9.04. The summed E-state index contributed by atoms with van der Waals surface area (Å²) in [5.74, 6) is 0.644. The van der Waals surface area contributed by atoms with E-state index in [1.807, 2.05) is 11.9 Å². The molecule has 0 aromatic heterocycles. The summed E-state index contributed by atoms with van der Waals surface area (Å²) >= 11 is 0. The summed E-state index contributed by atoms with van der Waals surface area (Å²) in [5.41, 5.74) is -0.647. The summed E-state index contributed by atoms with van der Waals surface area (Å²) in [4.78, 5) is 14.1. The van der Waals surface area contributed by atoms with E-state index in [1.165, 1.54) is 19.3 Å². The van der Waals surface area contributed by atoms with Gasteiger partial charge in [-0.25, -0.2) is 0 Å². The molecule has 0 aromatic rings. The molecule has 3 heteroatoms. The fraction of sp³-hybridized carbons (Fsp3) is 0.846. The Labute approximate surface area is 97.4 Å². The highest BCUT2D eigenvalue weighted by atomic mass is 16.2. The fourth-order valence-corrected chi connectivity index (χ4v) is 2.86. The maximum Gasteiger partial charge on any atom is 0.243 e. The molecule has 2 rings (SSSR count). The van der Waals surface area contributed by atoms with Crippen LogP contribution in [-0.4, -0.2) is 23.9 Å². The van der Waals surface area contributed by atoms with E-state index in [9.17, 15) is 4.79 Å². The van der Waals surface area contributed by atoms with Crippen LogP contribution < -0.4 is 0 Å². The van der Waals surface area contributed by atoms with E-state index in [0.29, 0.717) is 12.0 Å². The Kier molecular flexibility index (Phi) is 2.92. The molecule has 2 aliphatic carbocycles. The van der Waals surface area contributed by atoms with Crippen molar-refractivity contribution >= 4 is 5.91 Å². The first-order chi connectivity index (χ1) is 7.60. The van der Waals surface area contributed by atoms with Crippen LogP contribution in [0.2, 0.25) is 0 Å². The van der Waals surface area contributed by atoms with Gasteiger partial charge in [0, 0.05) is 13.1 Å². The van der Waals surface area contributed by atoms with E-state index < -0.39 is 5.41 Å². The number of rotatable bonds is 2. The van der Waals surface area contributed by atoms with Crippen LogP contribution in [0.25, 0.3) is 0 Å². The Hall–Kier alpha value is -1.04. The summed E-state index contributed by atoms with van der Waals surface area (Å²) in [6.45, 7) is 2.22.